The minimum atomic E-state index is -1.01. The average Bonchev–Trinajstić information content (AvgIpc) is 2.15. The van der Waals surface area contributed by atoms with Crippen molar-refractivity contribution in [2.45, 2.75) is 38.4 Å². The Morgan fingerprint density at radius 1 is 1.29 bits per heavy atom. The summed E-state index contributed by atoms with van der Waals surface area (Å²) in [5, 5.41) is 18.4. The van der Waals surface area contributed by atoms with Gasteiger partial charge >= 0.3 is 0 Å². The van der Waals surface area contributed by atoms with E-state index < -0.39 is 12.2 Å². The lowest BCUT2D eigenvalue weighted by molar-refractivity contribution is 0.169. The topological polar surface area (TPSA) is 40.5 Å². The summed E-state index contributed by atoms with van der Waals surface area (Å²) < 4.78 is 0. The van der Waals surface area contributed by atoms with Crippen LogP contribution in [0.2, 0.25) is 0 Å². The molecule has 0 amide bonds. The molecule has 74 valence electrons. The number of rotatable bonds is 3. The third-order valence-corrected chi connectivity index (χ3v) is 1.48. The van der Waals surface area contributed by atoms with Gasteiger partial charge in [0.2, 0.25) is 0 Å². The third kappa shape index (κ3) is 7.26. The zero-order valence-electron chi connectivity index (χ0n) is 8.25. The van der Waals surface area contributed by atoms with Crippen LogP contribution in [-0.4, -0.2) is 22.4 Å². The van der Waals surface area contributed by atoms with Crippen molar-refractivity contribution in [1.82, 2.24) is 0 Å². The SMILES string of the molecule is C#CC#CC(O)C#CCC(O)CCC. The standard InChI is InChI=1S/C12H14O2/c1-3-5-8-12(14)10-6-9-11(13)7-4-2/h1,11-14H,4,7,9H2,2H3. The molecule has 0 radical (unpaired) electrons. The minimum absolute atomic E-state index is 0.364. The van der Waals surface area contributed by atoms with Gasteiger partial charge in [-0.2, -0.15) is 0 Å². The normalized spacial score (nSPS) is 12.4. The Balaban J connectivity index is 3.88. The van der Waals surface area contributed by atoms with Gasteiger partial charge in [-0.3, -0.25) is 0 Å². The second-order valence-corrected chi connectivity index (χ2v) is 2.78. The van der Waals surface area contributed by atoms with E-state index in [-0.39, 0.29) is 0 Å². The Morgan fingerprint density at radius 3 is 2.57 bits per heavy atom. The summed E-state index contributed by atoms with van der Waals surface area (Å²) in [7, 11) is 0. The Bertz CT molecular complexity index is 303. The van der Waals surface area contributed by atoms with Gasteiger partial charge in [-0.1, -0.05) is 25.2 Å². The predicted octanol–water partition coefficient (Wildman–Crippen LogP) is 0.538. The van der Waals surface area contributed by atoms with E-state index in [9.17, 15) is 5.11 Å². The van der Waals surface area contributed by atoms with Crippen LogP contribution in [0.4, 0.5) is 0 Å². The molecule has 2 unspecified atom stereocenters. The van der Waals surface area contributed by atoms with Crippen molar-refractivity contribution < 1.29 is 10.2 Å². The highest BCUT2D eigenvalue weighted by Crippen LogP contribution is 1.99. The van der Waals surface area contributed by atoms with Crippen molar-refractivity contribution in [3.8, 4) is 36.0 Å². The number of aliphatic hydroxyl groups excluding tert-OH is 2. The number of terminal acetylenes is 1. The molecule has 2 nitrogen and oxygen atoms in total. The summed E-state index contributed by atoms with van der Waals surface area (Å²) in [5.41, 5.74) is 0. The van der Waals surface area contributed by atoms with Gasteiger partial charge < -0.3 is 10.2 Å². The fourth-order valence-electron chi connectivity index (χ4n) is 0.855. The smallest absolute Gasteiger partial charge is 0.177 e. The summed E-state index contributed by atoms with van der Waals surface area (Å²) in [6, 6.07) is 0. The van der Waals surface area contributed by atoms with E-state index in [2.05, 4.69) is 29.6 Å². The highest BCUT2D eigenvalue weighted by Gasteiger charge is 1.98. The molecule has 0 aromatic heterocycles. The molecule has 2 heteroatoms. The van der Waals surface area contributed by atoms with Gasteiger partial charge in [-0.25, -0.2) is 0 Å². The Kier molecular flexibility index (Phi) is 7.39. The minimum Gasteiger partial charge on any atom is -0.392 e. The lowest BCUT2D eigenvalue weighted by Crippen LogP contribution is -2.04. The number of aliphatic hydroxyl groups is 2. The predicted molar refractivity (Wildman–Crippen MR) is 55.9 cm³/mol. The monoisotopic (exact) mass is 190 g/mol. The molecular weight excluding hydrogens is 176 g/mol. The first-order valence-corrected chi connectivity index (χ1v) is 4.51. The molecule has 0 heterocycles. The maximum atomic E-state index is 9.29. The molecule has 0 aliphatic heterocycles. The van der Waals surface area contributed by atoms with Gasteiger partial charge in [0.15, 0.2) is 6.10 Å². The molecule has 0 rings (SSSR count). The largest absolute Gasteiger partial charge is 0.392 e. The van der Waals surface area contributed by atoms with Crippen LogP contribution in [0.5, 0.6) is 0 Å². The van der Waals surface area contributed by atoms with Crippen molar-refractivity contribution in [2.24, 2.45) is 0 Å². The van der Waals surface area contributed by atoms with Crippen LogP contribution in [-0.2, 0) is 0 Å². The lowest BCUT2D eigenvalue weighted by Gasteiger charge is -2.02. The molecule has 0 aliphatic carbocycles. The summed E-state index contributed by atoms with van der Waals surface area (Å²) in [6.45, 7) is 1.99. The van der Waals surface area contributed by atoms with E-state index in [0.29, 0.717) is 6.42 Å². The van der Waals surface area contributed by atoms with Crippen LogP contribution in [0.1, 0.15) is 26.2 Å². The zero-order chi connectivity index (χ0) is 10.8. The Morgan fingerprint density at radius 2 is 2.00 bits per heavy atom. The van der Waals surface area contributed by atoms with Crippen LogP contribution >= 0.6 is 0 Å². The molecular formula is C12H14O2. The summed E-state index contributed by atoms with van der Waals surface area (Å²) in [4.78, 5) is 0. The van der Waals surface area contributed by atoms with Crippen molar-refractivity contribution in [2.75, 3.05) is 0 Å². The van der Waals surface area contributed by atoms with E-state index in [1.54, 1.807) is 0 Å². The highest BCUT2D eigenvalue weighted by molar-refractivity contribution is 5.28. The summed E-state index contributed by atoms with van der Waals surface area (Å²) in [6.07, 6.45) is 5.45. The van der Waals surface area contributed by atoms with E-state index in [1.807, 2.05) is 6.92 Å². The van der Waals surface area contributed by atoms with Gasteiger partial charge in [0.25, 0.3) is 0 Å². The van der Waals surface area contributed by atoms with Crippen LogP contribution in [0.15, 0.2) is 0 Å². The van der Waals surface area contributed by atoms with Gasteiger partial charge in [0.1, 0.15) is 0 Å². The van der Waals surface area contributed by atoms with E-state index in [4.69, 9.17) is 11.5 Å². The Labute approximate surface area is 85.3 Å². The van der Waals surface area contributed by atoms with Crippen LogP contribution in [0, 0.1) is 36.0 Å². The highest BCUT2D eigenvalue weighted by atomic mass is 16.3. The fourth-order valence-corrected chi connectivity index (χ4v) is 0.855. The third-order valence-electron chi connectivity index (χ3n) is 1.48. The Hall–Kier alpha value is -1.40. The van der Waals surface area contributed by atoms with Gasteiger partial charge in [-0.15, -0.1) is 6.42 Å². The average molecular weight is 190 g/mol. The molecule has 0 spiro atoms. The van der Waals surface area contributed by atoms with Crippen molar-refractivity contribution in [3.05, 3.63) is 0 Å². The second kappa shape index (κ2) is 8.21. The maximum Gasteiger partial charge on any atom is 0.177 e. The molecule has 0 aromatic carbocycles. The summed E-state index contributed by atoms with van der Waals surface area (Å²) >= 11 is 0. The first-order chi connectivity index (χ1) is 6.70. The zero-order valence-corrected chi connectivity index (χ0v) is 8.25. The molecule has 2 atom stereocenters. The molecule has 14 heavy (non-hydrogen) atoms. The molecule has 0 fully saturated rings. The molecule has 0 bridgehead atoms. The molecule has 0 saturated heterocycles. The first-order valence-electron chi connectivity index (χ1n) is 4.51. The van der Waals surface area contributed by atoms with Crippen molar-refractivity contribution in [3.63, 3.8) is 0 Å². The number of hydrogen-bond acceptors (Lipinski definition) is 2. The van der Waals surface area contributed by atoms with Gasteiger partial charge in [-0.05, 0) is 24.2 Å². The van der Waals surface area contributed by atoms with Gasteiger partial charge in [0.05, 0.1) is 6.10 Å². The quantitative estimate of drug-likeness (QED) is 0.638. The van der Waals surface area contributed by atoms with Crippen molar-refractivity contribution >= 4 is 0 Å². The first kappa shape index (κ1) is 12.6. The van der Waals surface area contributed by atoms with Crippen LogP contribution < -0.4 is 0 Å². The lowest BCUT2D eigenvalue weighted by atomic mass is 10.1. The van der Waals surface area contributed by atoms with Crippen LogP contribution in [0.25, 0.3) is 0 Å². The maximum absolute atomic E-state index is 9.29. The number of hydrogen-bond donors (Lipinski definition) is 2. The summed E-state index contributed by atoms with van der Waals surface area (Å²) in [5.74, 6) is 11.8. The van der Waals surface area contributed by atoms with E-state index >= 15 is 0 Å². The fraction of sp³-hybridized carbons (Fsp3) is 0.500. The van der Waals surface area contributed by atoms with E-state index in [0.717, 1.165) is 12.8 Å². The van der Waals surface area contributed by atoms with Crippen molar-refractivity contribution in [1.29, 1.82) is 0 Å². The van der Waals surface area contributed by atoms with Gasteiger partial charge in [0, 0.05) is 6.42 Å². The second-order valence-electron chi connectivity index (χ2n) is 2.78. The molecule has 0 aliphatic rings. The molecule has 0 saturated carbocycles. The van der Waals surface area contributed by atoms with Crippen LogP contribution in [0.3, 0.4) is 0 Å². The molecule has 0 aromatic rings. The van der Waals surface area contributed by atoms with E-state index in [1.165, 1.54) is 0 Å². The molecule has 2 N–H and O–H groups in total.